The third-order valence-corrected chi connectivity index (χ3v) is 3.85. The second kappa shape index (κ2) is 9.15. The predicted molar refractivity (Wildman–Crippen MR) is 93.8 cm³/mol. The van der Waals surface area contributed by atoms with Crippen LogP contribution in [0.4, 0.5) is 0 Å². The predicted octanol–water partition coefficient (Wildman–Crippen LogP) is 2.06. The van der Waals surface area contributed by atoms with Gasteiger partial charge in [-0.3, -0.25) is 0 Å². The minimum atomic E-state index is -1.04. The Balaban J connectivity index is 2.23. The van der Waals surface area contributed by atoms with E-state index in [2.05, 4.69) is 0 Å². The molecule has 0 amide bonds. The maximum absolute atomic E-state index is 10.2. The summed E-state index contributed by atoms with van der Waals surface area (Å²) in [7, 11) is 4.68. The van der Waals surface area contributed by atoms with Crippen molar-refractivity contribution in [2.75, 3.05) is 27.9 Å². The zero-order valence-corrected chi connectivity index (χ0v) is 14.6. The molecule has 2 atom stereocenters. The van der Waals surface area contributed by atoms with E-state index >= 15 is 0 Å². The van der Waals surface area contributed by atoms with Crippen LogP contribution in [0.1, 0.15) is 5.56 Å². The first-order valence-electron chi connectivity index (χ1n) is 7.92. The number of rotatable bonds is 9. The molecule has 2 aromatic rings. The number of ether oxygens (including phenoxy) is 4. The van der Waals surface area contributed by atoms with Crippen LogP contribution in [0, 0.1) is 0 Å². The standard InChI is InChI=1S/C19H24O6/c1-22-15-6-4-5-7-17(15)25-18(14(21)12-20)10-13-8-9-16(23-2)19(11-13)24-3/h4-9,11,14,18,20-21H,10,12H2,1-3H3. The molecule has 0 fully saturated rings. The van der Waals surface area contributed by atoms with Gasteiger partial charge < -0.3 is 29.2 Å². The van der Waals surface area contributed by atoms with E-state index in [4.69, 9.17) is 18.9 Å². The van der Waals surface area contributed by atoms with Gasteiger partial charge in [0.05, 0.1) is 27.9 Å². The van der Waals surface area contributed by atoms with Crippen molar-refractivity contribution in [2.24, 2.45) is 0 Å². The zero-order chi connectivity index (χ0) is 18.2. The second-order valence-electron chi connectivity index (χ2n) is 5.45. The molecule has 6 heteroatoms. The minimum Gasteiger partial charge on any atom is -0.493 e. The van der Waals surface area contributed by atoms with Crippen molar-refractivity contribution < 1.29 is 29.2 Å². The number of para-hydroxylation sites is 2. The van der Waals surface area contributed by atoms with Crippen LogP contribution < -0.4 is 18.9 Å². The summed E-state index contributed by atoms with van der Waals surface area (Å²) in [6.45, 7) is -0.410. The molecule has 25 heavy (non-hydrogen) atoms. The van der Waals surface area contributed by atoms with E-state index in [1.807, 2.05) is 24.3 Å². The fourth-order valence-electron chi connectivity index (χ4n) is 2.49. The molecule has 136 valence electrons. The van der Waals surface area contributed by atoms with Gasteiger partial charge >= 0.3 is 0 Å². The highest BCUT2D eigenvalue weighted by molar-refractivity contribution is 5.43. The number of methoxy groups -OCH3 is 3. The number of benzene rings is 2. The van der Waals surface area contributed by atoms with E-state index in [9.17, 15) is 10.2 Å². The first-order valence-corrected chi connectivity index (χ1v) is 7.92. The van der Waals surface area contributed by atoms with Crippen LogP contribution in [-0.4, -0.2) is 50.4 Å². The molecule has 2 rings (SSSR count). The largest absolute Gasteiger partial charge is 0.493 e. The van der Waals surface area contributed by atoms with Crippen LogP contribution >= 0.6 is 0 Å². The fourth-order valence-corrected chi connectivity index (χ4v) is 2.49. The highest BCUT2D eigenvalue weighted by Gasteiger charge is 2.23. The van der Waals surface area contributed by atoms with E-state index < -0.39 is 18.8 Å². The van der Waals surface area contributed by atoms with Crippen molar-refractivity contribution >= 4 is 0 Å². The number of hydrogen-bond donors (Lipinski definition) is 2. The number of aliphatic hydroxyl groups excluding tert-OH is 2. The molecule has 0 heterocycles. The van der Waals surface area contributed by atoms with E-state index in [1.165, 1.54) is 0 Å². The van der Waals surface area contributed by atoms with E-state index in [1.54, 1.807) is 39.5 Å². The molecular formula is C19H24O6. The first kappa shape index (κ1) is 18.9. The van der Waals surface area contributed by atoms with Gasteiger partial charge in [-0.1, -0.05) is 18.2 Å². The van der Waals surface area contributed by atoms with Gasteiger partial charge in [-0.15, -0.1) is 0 Å². The Morgan fingerprint density at radius 1 is 0.840 bits per heavy atom. The van der Waals surface area contributed by atoms with E-state index in [0.29, 0.717) is 29.4 Å². The molecule has 0 aliphatic heterocycles. The minimum absolute atomic E-state index is 0.375. The summed E-state index contributed by atoms with van der Waals surface area (Å²) in [5, 5.41) is 19.5. The Morgan fingerprint density at radius 2 is 1.44 bits per heavy atom. The average molecular weight is 348 g/mol. The Labute approximate surface area is 147 Å². The molecule has 2 N–H and O–H groups in total. The molecule has 0 bridgehead atoms. The lowest BCUT2D eigenvalue weighted by molar-refractivity contribution is -0.00125. The lowest BCUT2D eigenvalue weighted by atomic mass is 10.0. The van der Waals surface area contributed by atoms with Crippen molar-refractivity contribution in [3.63, 3.8) is 0 Å². The third kappa shape index (κ3) is 4.78. The summed E-state index contributed by atoms with van der Waals surface area (Å²) in [4.78, 5) is 0. The van der Waals surface area contributed by atoms with E-state index in [-0.39, 0.29) is 0 Å². The van der Waals surface area contributed by atoms with Gasteiger partial charge in [0.1, 0.15) is 12.2 Å². The van der Waals surface area contributed by atoms with Gasteiger partial charge in [-0.05, 0) is 29.8 Å². The molecule has 0 saturated heterocycles. The second-order valence-corrected chi connectivity index (χ2v) is 5.45. The van der Waals surface area contributed by atoms with Crippen LogP contribution in [-0.2, 0) is 6.42 Å². The zero-order valence-electron chi connectivity index (χ0n) is 14.6. The van der Waals surface area contributed by atoms with Crippen molar-refractivity contribution in [3.8, 4) is 23.0 Å². The smallest absolute Gasteiger partial charge is 0.161 e. The van der Waals surface area contributed by atoms with Gasteiger partial charge in [-0.2, -0.15) is 0 Å². The lowest BCUT2D eigenvalue weighted by Gasteiger charge is -2.24. The van der Waals surface area contributed by atoms with Crippen LogP contribution in [0.15, 0.2) is 42.5 Å². The van der Waals surface area contributed by atoms with E-state index in [0.717, 1.165) is 5.56 Å². The summed E-state index contributed by atoms with van der Waals surface area (Å²) < 4.78 is 21.7. The molecule has 0 spiro atoms. The van der Waals surface area contributed by atoms with Crippen LogP contribution in [0.25, 0.3) is 0 Å². The quantitative estimate of drug-likeness (QED) is 0.722. The molecule has 2 unspecified atom stereocenters. The van der Waals surface area contributed by atoms with Crippen molar-refractivity contribution in [2.45, 2.75) is 18.6 Å². The molecule has 0 radical (unpaired) electrons. The Morgan fingerprint density at radius 3 is 2.04 bits per heavy atom. The van der Waals surface area contributed by atoms with Gasteiger partial charge in [0.15, 0.2) is 23.0 Å². The maximum Gasteiger partial charge on any atom is 0.161 e. The topological polar surface area (TPSA) is 77.4 Å². The summed E-state index contributed by atoms with van der Waals surface area (Å²) in [6.07, 6.45) is -1.32. The maximum atomic E-state index is 10.2. The highest BCUT2D eigenvalue weighted by Crippen LogP contribution is 2.30. The Bertz CT molecular complexity index is 673. The summed E-state index contributed by atoms with van der Waals surface area (Å²) in [6, 6.07) is 12.7. The molecular weight excluding hydrogens is 324 g/mol. The number of aliphatic hydroxyl groups is 2. The molecule has 0 aliphatic carbocycles. The fraction of sp³-hybridized carbons (Fsp3) is 0.368. The normalized spacial score (nSPS) is 13.0. The summed E-state index contributed by atoms with van der Waals surface area (Å²) >= 11 is 0. The van der Waals surface area contributed by atoms with Crippen molar-refractivity contribution in [1.29, 1.82) is 0 Å². The third-order valence-electron chi connectivity index (χ3n) is 3.85. The molecule has 0 saturated carbocycles. The Kier molecular flexibility index (Phi) is 6.91. The van der Waals surface area contributed by atoms with Crippen LogP contribution in [0.2, 0.25) is 0 Å². The summed E-state index contributed by atoms with van der Waals surface area (Å²) in [5.41, 5.74) is 0.880. The highest BCUT2D eigenvalue weighted by atomic mass is 16.5. The lowest BCUT2D eigenvalue weighted by Crippen LogP contribution is -2.36. The van der Waals surface area contributed by atoms with Crippen molar-refractivity contribution in [3.05, 3.63) is 48.0 Å². The Hall–Kier alpha value is -2.44. The number of hydrogen-bond acceptors (Lipinski definition) is 6. The van der Waals surface area contributed by atoms with Gasteiger partial charge in [0.25, 0.3) is 0 Å². The molecule has 0 aliphatic rings. The van der Waals surface area contributed by atoms with Crippen LogP contribution in [0.3, 0.4) is 0 Å². The average Bonchev–Trinajstić information content (AvgIpc) is 2.66. The van der Waals surface area contributed by atoms with Gasteiger partial charge in [0.2, 0.25) is 0 Å². The monoisotopic (exact) mass is 348 g/mol. The summed E-state index contributed by atoms with van der Waals surface area (Å²) in [5.74, 6) is 2.28. The molecule has 2 aromatic carbocycles. The van der Waals surface area contributed by atoms with Gasteiger partial charge in [0, 0.05) is 6.42 Å². The SMILES string of the molecule is COc1ccc(CC(Oc2ccccc2OC)C(O)CO)cc1OC. The van der Waals surface area contributed by atoms with Crippen LogP contribution in [0.5, 0.6) is 23.0 Å². The first-order chi connectivity index (χ1) is 12.1. The molecule has 6 nitrogen and oxygen atoms in total. The van der Waals surface area contributed by atoms with Gasteiger partial charge in [-0.25, -0.2) is 0 Å². The molecule has 0 aromatic heterocycles. The van der Waals surface area contributed by atoms with Crippen molar-refractivity contribution in [1.82, 2.24) is 0 Å².